The van der Waals surface area contributed by atoms with Crippen molar-refractivity contribution in [2.24, 2.45) is 0 Å². The topological polar surface area (TPSA) is 48.1 Å². The quantitative estimate of drug-likeness (QED) is 0.595. The highest BCUT2D eigenvalue weighted by atomic mass is 32.1. The molecule has 10 heavy (non-hydrogen) atoms. The number of rotatable bonds is 1. The lowest BCUT2D eigenvalue weighted by atomic mass is 10.4. The third-order valence-electron chi connectivity index (χ3n) is 1.09. The monoisotopic (exact) mass is 156 g/mol. The smallest absolute Gasteiger partial charge is 0.214 e. The van der Waals surface area contributed by atoms with Gasteiger partial charge in [-0.25, -0.2) is 4.98 Å². The van der Waals surface area contributed by atoms with Crippen LogP contribution in [0.25, 0.3) is 0 Å². The average Bonchev–Trinajstić information content (AvgIpc) is 1.95. The lowest BCUT2D eigenvalue weighted by Crippen LogP contribution is -1.92. The molecule has 0 aliphatic carbocycles. The predicted octanol–water partition coefficient (Wildman–Crippen LogP) is 0.961. The lowest BCUT2D eigenvalue weighted by Gasteiger charge is -2.00. The SMILES string of the molecule is COc1ccc(N)c(S)n1. The summed E-state index contributed by atoms with van der Waals surface area (Å²) in [5, 5.41) is 0.499. The van der Waals surface area contributed by atoms with Gasteiger partial charge in [0, 0.05) is 6.07 Å². The number of hydrogen-bond donors (Lipinski definition) is 2. The summed E-state index contributed by atoms with van der Waals surface area (Å²) in [5.74, 6) is 0.527. The molecule has 0 aliphatic heterocycles. The molecule has 0 atom stereocenters. The van der Waals surface area contributed by atoms with Gasteiger partial charge in [0.2, 0.25) is 5.88 Å². The first-order valence-electron chi connectivity index (χ1n) is 2.73. The molecule has 0 spiro atoms. The Morgan fingerprint density at radius 2 is 2.30 bits per heavy atom. The van der Waals surface area contributed by atoms with E-state index in [2.05, 4.69) is 17.6 Å². The fourth-order valence-electron chi connectivity index (χ4n) is 0.555. The van der Waals surface area contributed by atoms with Crippen LogP contribution in [0.4, 0.5) is 5.69 Å². The molecule has 0 aliphatic rings. The first-order chi connectivity index (χ1) is 4.74. The third-order valence-corrected chi connectivity index (χ3v) is 1.45. The molecule has 1 heterocycles. The van der Waals surface area contributed by atoms with Gasteiger partial charge in [-0.3, -0.25) is 0 Å². The highest BCUT2D eigenvalue weighted by molar-refractivity contribution is 7.80. The number of nitrogens with zero attached hydrogens (tertiary/aromatic N) is 1. The summed E-state index contributed by atoms with van der Waals surface area (Å²) in [5.41, 5.74) is 6.01. The standard InChI is InChI=1S/C6H8N2OS/c1-9-5-3-2-4(7)6(10)8-5/h2-3H,7H2,1H3,(H,8,10). The molecule has 0 unspecified atom stereocenters. The zero-order valence-electron chi connectivity index (χ0n) is 5.53. The van der Waals surface area contributed by atoms with Crippen molar-refractivity contribution in [1.29, 1.82) is 0 Å². The van der Waals surface area contributed by atoms with Gasteiger partial charge in [-0.15, -0.1) is 12.6 Å². The summed E-state index contributed by atoms with van der Waals surface area (Å²) in [4.78, 5) is 3.91. The highest BCUT2D eigenvalue weighted by Gasteiger charge is 1.96. The number of aromatic nitrogens is 1. The number of anilines is 1. The Balaban J connectivity index is 3.04. The molecule has 1 aromatic rings. The van der Waals surface area contributed by atoms with Crippen LogP contribution in [0.1, 0.15) is 0 Å². The Hall–Kier alpha value is -0.900. The van der Waals surface area contributed by atoms with Crippen molar-refractivity contribution in [3.8, 4) is 5.88 Å². The second kappa shape index (κ2) is 2.79. The molecule has 0 radical (unpaired) electrons. The van der Waals surface area contributed by atoms with Gasteiger partial charge in [-0.05, 0) is 6.07 Å². The van der Waals surface area contributed by atoms with E-state index >= 15 is 0 Å². The molecule has 3 nitrogen and oxygen atoms in total. The molecule has 1 rings (SSSR count). The van der Waals surface area contributed by atoms with Crippen molar-refractivity contribution in [3.63, 3.8) is 0 Å². The number of methoxy groups -OCH3 is 1. The summed E-state index contributed by atoms with van der Waals surface area (Å²) in [6.07, 6.45) is 0. The fraction of sp³-hybridized carbons (Fsp3) is 0.167. The summed E-state index contributed by atoms with van der Waals surface area (Å²) >= 11 is 4.01. The molecule has 4 heteroatoms. The zero-order chi connectivity index (χ0) is 7.56. The lowest BCUT2D eigenvalue weighted by molar-refractivity contribution is 0.395. The van der Waals surface area contributed by atoms with E-state index in [-0.39, 0.29) is 0 Å². The molecule has 0 amide bonds. The molecule has 54 valence electrons. The Kier molecular flexibility index (Phi) is 2.01. The van der Waals surface area contributed by atoms with Gasteiger partial charge in [-0.2, -0.15) is 0 Å². The van der Waals surface area contributed by atoms with Gasteiger partial charge in [0.25, 0.3) is 0 Å². The first-order valence-corrected chi connectivity index (χ1v) is 3.18. The van der Waals surface area contributed by atoms with Gasteiger partial charge < -0.3 is 10.5 Å². The van der Waals surface area contributed by atoms with Crippen molar-refractivity contribution < 1.29 is 4.74 Å². The predicted molar refractivity (Wildman–Crippen MR) is 42.5 cm³/mol. The van der Waals surface area contributed by atoms with Crippen LogP contribution < -0.4 is 10.5 Å². The fourth-order valence-corrected chi connectivity index (χ4v) is 0.729. The molecule has 0 bridgehead atoms. The van der Waals surface area contributed by atoms with E-state index in [0.29, 0.717) is 16.6 Å². The van der Waals surface area contributed by atoms with Gasteiger partial charge in [0.15, 0.2) is 0 Å². The number of nitrogen functional groups attached to an aromatic ring is 1. The number of pyridine rings is 1. The number of nitrogens with two attached hydrogens (primary N) is 1. The number of ether oxygens (including phenoxy) is 1. The Labute approximate surface area is 64.6 Å². The van der Waals surface area contributed by atoms with Crippen molar-refractivity contribution >= 4 is 18.3 Å². The maximum Gasteiger partial charge on any atom is 0.214 e. The highest BCUT2D eigenvalue weighted by Crippen LogP contribution is 2.16. The van der Waals surface area contributed by atoms with Crippen LogP contribution in [0.5, 0.6) is 5.88 Å². The molecular weight excluding hydrogens is 148 g/mol. The van der Waals surface area contributed by atoms with E-state index < -0.39 is 0 Å². The van der Waals surface area contributed by atoms with Crippen molar-refractivity contribution in [2.75, 3.05) is 12.8 Å². The summed E-state index contributed by atoms with van der Waals surface area (Å²) in [6.45, 7) is 0. The van der Waals surface area contributed by atoms with Gasteiger partial charge >= 0.3 is 0 Å². The van der Waals surface area contributed by atoms with Crippen molar-refractivity contribution in [2.45, 2.75) is 5.03 Å². The van der Waals surface area contributed by atoms with Crippen LogP contribution in [0, 0.1) is 0 Å². The van der Waals surface area contributed by atoms with E-state index in [1.54, 1.807) is 19.2 Å². The minimum atomic E-state index is 0.499. The van der Waals surface area contributed by atoms with Crippen LogP contribution in [-0.2, 0) is 0 Å². The maximum atomic E-state index is 5.45. The van der Waals surface area contributed by atoms with E-state index in [9.17, 15) is 0 Å². The Bertz CT molecular complexity index is 239. The summed E-state index contributed by atoms with van der Waals surface area (Å²) < 4.78 is 4.83. The van der Waals surface area contributed by atoms with Crippen LogP contribution in [0.2, 0.25) is 0 Å². The average molecular weight is 156 g/mol. The van der Waals surface area contributed by atoms with Gasteiger partial charge in [0.1, 0.15) is 5.03 Å². The third kappa shape index (κ3) is 1.33. The summed E-state index contributed by atoms with van der Waals surface area (Å²) in [6, 6.07) is 3.39. The Morgan fingerprint density at radius 1 is 1.60 bits per heavy atom. The van der Waals surface area contributed by atoms with Crippen molar-refractivity contribution in [3.05, 3.63) is 12.1 Å². The molecule has 2 N–H and O–H groups in total. The second-order valence-electron chi connectivity index (χ2n) is 1.77. The van der Waals surface area contributed by atoms with Crippen LogP contribution >= 0.6 is 12.6 Å². The Morgan fingerprint density at radius 3 is 2.80 bits per heavy atom. The molecule has 0 aromatic carbocycles. The van der Waals surface area contributed by atoms with Crippen LogP contribution in [-0.4, -0.2) is 12.1 Å². The van der Waals surface area contributed by atoms with E-state index in [1.165, 1.54) is 0 Å². The van der Waals surface area contributed by atoms with Gasteiger partial charge in [-0.1, -0.05) is 0 Å². The van der Waals surface area contributed by atoms with Crippen LogP contribution in [0.15, 0.2) is 17.2 Å². The van der Waals surface area contributed by atoms with Gasteiger partial charge in [0.05, 0.1) is 12.8 Å². The molecule has 1 aromatic heterocycles. The maximum absolute atomic E-state index is 5.45. The van der Waals surface area contributed by atoms with E-state index in [0.717, 1.165) is 0 Å². The molecule has 0 fully saturated rings. The molecular formula is C6H8N2OS. The molecule has 0 saturated heterocycles. The largest absolute Gasteiger partial charge is 0.481 e. The van der Waals surface area contributed by atoms with Crippen molar-refractivity contribution in [1.82, 2.24) is 4.98 Å². The van der Waals surface area contributed by atoms with E-state index in [4.69, 9.17) is 10.5 Å². The summed E-state index contributed by atoms with van der Waals surface area (Å²) in [7, 11) is 1.55. The zero-order valence-corrected chi connectivity index (χ0v) is 6.43. The second-order valence-corrected chi connectivity index (χ2v) is 2.19. The number of thiol groups is 1. The normalized spacial score (nSPS) is 9.40. The number of hydrogen-bond acceptors (Lipinski definition) is 4. The minimum absolute atomic E-state index is 0.499. The molecule has 0 saturated carbocycles. The first kappa shape index (κ1) is 7.21. The minimum Gasteiger partial charge on any atom is -0.481 e. The van der Waals surface area contributed by atoms with E-state index in [1.807, 2.05) is 0 Å². The van der Waals surface area contributed by atoms with Crippen LogP contribution in [0.3, 0.4) is 0 Å².